The van der Waals surface area contributed by atoms with Crippen LogP contribution in [0, 0.1) is 35.0 Å². The molecule has 3 aliphatic rings. The average Bonchev–Trinajstić information content (AvgIpc) is 2.90. The van der Waals surface area contributed by atoms with Crippen molar-refractivity contribution in [2.24, 2.45) is 35.0 Å². The zero-order valence-corrected chi connectivity index (χ0v) is 15.5. The Morgan fingerprint density at radius 1 is 1.13 bits per heavy atom. The fraction of sp³-hybridized carbons (Fsp3) is 0.810. The first-order valence-electron chi connectivity index (χ1n) is 9.60. The quantitative estimate of drug-likeness (QED) is 0.499. The summed E-state index contributed by atoms with van der Waals surface area (Å²) >= 11 is 0. The summed E-state index contributed by atoms with van der Waals surface area (Å²) in [5.41, 5.74) is 1.98. The molecule has 0 amide bonds. The number of hydrogen-bond acceptors (Lipinski definition) is 2. The van der Waals surface area contributed by atoms with Gasteiger partial charge >= 0.3 is 0 Å². The van der Waals surface area contributed by atoms with E-state index in [0.29, 0.717) is 29.8 Å². The zero-order valence-electron chi connectivity index (χ0n) is 15.5. The number of allylic oxidation sites excluding steroid dienone is 2. The smallest absolute Gasteiger partial charge is 0.114 e. The molecule has 2 saturated carbocycles. The van der Waals surface area contributed by atoms with Gasteiger partial charge in [0.15, 0.2) is 0 Å². The molecule has 0 radical (unpaired) electrons. The second-order valence-electron chi connectivity index (χ2n) is 8.70. The Hall–Kier alpha value is -0.600. The Bertz CT molecular complexity index is 478. The van der Waals surface area contributed by atoms with E-state index in [-0.39, 0.29) is 6.10 Å². The fourth-order valence-electron chi connectivity index (χ4n) is 5.20. The number of fused-ring (bicyclic) bond motifs is 3. The van der Waals surface area contributed by atoms with Crippen molar-refractivity contribution in [3.8, 4) is 0 Å². The van der Waals surface area contributed by atoms with E-state index in [4.69, 9.17) is 9.78 Å². The highest BCUT2D eigenvalue weighted by molar-refractivity contribution is 5.24. The lowest BCUT2D eigenvalue weighted by molar-refractivity contribution is -0.323. The summed E-state index contributed by atoms with van der Waals surface area (Å²) in [5, 5.41) is 0. The Kier molecular flexibility index (Phi) is 5.04. The van der Waals surface area contributed by atoms with E-state index in [0.717, 1.165) is 18.3 Å². The van der Waals surface area contributed by atoms with Crippen molar-refractivity contribution < 1.29 is 9.78 Å². The molecule has 0 bridgehead atoms. The molecular weight excluding hydrogens is 284 g/mol. The van der Waals surface area contributed by atoms with Crippen LogP contribution in [0.1, 0.15) is 60.3 Å². The number of rotatable bonds is 4. The molecule has 2 heteroatoms. The molecule has 0 aromatic heterocycles. The maximum absolute atomic E-state index is 5.55. The highest BCUT2D eigenvalue weighted by Gasteiger charge is 2.53. The van der Waals surface area contributed by atoms with Crippen LogP contribution in [0.25, 0.3) is 0 Å². The highest BCUT2D eigenvalue weighted by Crippen LogP contribution is 2.60. The molecule has 0 N–H and O–H groups in total. The van der Waals surface area contributed by atoms with Crippen molar-refractivity contribution in [2.75, 3.05) is 6.61 Å². The third kappa shape index (κ3) is 3.17. The summed E-state index contributed by atoms with van der Waals surface area (Å²) in [6, 6.07) is 0. The highest BCUT2D eigenvalue weighted by atomic mass is 17.2. The second kappa shape index (κ2) is 6.72. The van der Waals surface area contributed by atoms with Gasteiger partial charge in [-0.05, 0) is 66.3 Å². The Morgan fingerprint density at radius 2 is 1.91 bits per heavy atom. The van der Waals surface area contributed by atoms with Crippen LogP contribution in [0.4, 0.5) is 0 Å². The predicted molar refractivity (Wildman–Crippen MR) is 94.8 cm³/mol. The molecule has 0 spiro atoms. The largest absolute Gasteiger partial charge is 0.232 e. The first-order chi connectivity index (χ1) is 10.9. The molecular formula is C21H34O2. The molecule has 3 rings (SSSR count). The van der Waals surface area contributed by atoms with Gasteiger partial charge in [-0.2, -0.15) is 0 Å². The van der Waals surface area contributed by atoms with E-state index in [2.05, 4.69) is 52.8 Å². The Labute approximate surface area is 142 Å². The van der Waals surface area contributed by atoms with Gasteiger partial charge in [-0.3, -0.25) is 0 Å². The van der Waals surface area contributed by atoms with E-state index < -0.39 is 0 Å². The van der Waals surface area contributed by atoms with Gasteiger partial charge < -0.3 is 0 Å². The molecule has 2 aliphatic carbocycles. The third-order valence-electron chi connectivity index (χ3n) is 7.10. The lowest BCUT2D eigenvalue weighted by Gasteiger charge is -2.47. The third-order valence-corrected chi connectivity index (χ3v) is 7.10. The molecule has 130 valence electrons. The van der Waals surface area contributed by atoms with Crippen LogP contribution in [0.2, 0.25) is 0 Å². The summed E-state index contributed by atoms with van der Waals surface area (Å²) in [6.45, 7) is 12.6. The van der Waals surface area contributed by atoms with E-state index in [1.807, 2.05) is 0 Å². The van der Waals surface area contributed by atoms with Crippen molar-refractivity contribution >= 4 is 0 Å². The molecule has 0 saturated heterocycles. The molecule has 23 heavy (non-hydrogen) atoms. The summed E-state index contributed by atoms with van der Waals surface area (Å²) < 4.78 is 0. The summed E-state index contributed by atoms with van der Waals surface area (Å²) in [6.07, 6.45) is 12.6. The minimum Gasteiger partial charge on any atom is -0.232 e. The lowest BCUT2D eigenvalue weighted by Crippen LogP contribution is -2.42. The molecule has 6 atom stereocenters. The zero-order chi connectivity index (χ0) is 16.6. The molecule has 0 aromatic carbocycles. The van der Waals surface area contributed by atoms with Gasteiger partial charge in [0.2, 0.25) is 0 Å². The average molecular weight is 319 g/mol. The Morgan fingerprint density at radius 3 is 2.65 bits per heavy atom. The van der Waals surface area contributed by atoms with E-state index in [9.17, 15) is 0 Å². The van der Waals surface area contributed by atoms with Crippen molar-refractivity contribution in [2.45, 2.75) is 66.4 Å². The van der Waals surface area contributed by atoms with Gasteiger partial charge in [0, 0.05) is 0 Å². The fourth-order valence-corrected chi connectivity index (χ4v) is 5.20. The van der Waals surface area contributed by atoms with E-state index in [1.54, 1.807) is 5.57 Å². The van der Waals surface area contributed by atoms with Crippen molar-refractivity contribution in [3.63, 3.8) is 0 Å². The van der Waals surface area contributed by atoms with E-state index >= 15 is 0 Å². The van der Waals surface area contributed by atoms with Gasteiger partial charge in [-0.15, -0.1) is 0 Å². The molecule has 1 unspecified atom stereocenters. The van der Waals surface area contributed by atoms with Crippen molar-refractivity contribution in [1.29, 1.82) is 0 Å². The minimum absolute atomic E-state index is 0.229. The summed E-state index contributed by atoms with van der Waals surface area (Å²) in [7, 11) is 0. The van der Waals surface area contributed by atoms with Crippen molar-refractivity contribution in [1.82, 2.24) is 0 Å². The first-order valence-corrected chi connectivity index (χ1v) is 9.60. The maximum Gasteiger partial charge on any atom is 0.114 e. The van der Waals surface area contributed by atoms with Crippen LogP contribution in [-0.4, -0.2) is 12.7 Å². The molecule has 2 nitrogen and oxygen atoms in total. The first kappa shape index (κ1) is 17.2. The van der Waals surface area contributed by atoms with Gasteiger partial charge in [0.25, 0.3) is 0 Å². The summed E-state index contributed by atoms with van der Waals surface area (Å²) in [5.74, 6) is 3.57. The van der Waals surface area contributed by atoms with E-state index in [1.165, 1.54) is 19.3 Å². The summed E-state index contributed by atoms with van der Waals surface area (Å²) in [4.78, 5) is 10.7. The molecule has 1 aliphatic heterocycles. The standard InChI is InChI=1S/C21H34O2/c1-14(2)15(3)6-7-16(4)18-8-9-19-17-11-13-22-23-20(17)10-12-21(18,19)5/h6-7,11,14-16,18-20H,8-10,12-13H2,1-5H3/b7-6+/t15-,16+,18+,19?,20+,21+/m0/s1. The normalized spacial score (nSPS) is 39.9. The molecule has 1 heterocycles. The van der Waals surface area contributed by atoms with Crippen LogP contribution in [0.3, 0.4) is 0 Å². The van der Waals surface area contributed by atoms with Crippen LogP contribution in [0.15, 0.2) is 23.8 Å². The molecule has 0 aromatic rings. The topological polar surface area (TPSA) is 18.5 Å². The van der Waals surface area contributed by atoms with Gasteiger partial charge in [0.1, 0.15) is 12.7 Å². The molecule has 2 fully saturated rings. The van der Waals surface area contributed by atoms with Crippen LogP contribution in [-0.2, 0) is 9.78 Å². The van der Waals surface area contributed by atoms with Crippen LogP contribution >= 0.6 is 0 Å². The minimum atomic E-state index is 0.229. The predicted octanol–water partition coefficient (Wildman–Crippen LogP) is 5.55. The monoisotopic (exact) mass is 318 g/mol. The lowest BCUT2D eigenvalue weighted by atomic mass is 9.60. The SMILES string of the molecule is CC(C)[C@@H](C)/C=C/[C@@H](C)[C@H]1CCC2C3=CCOO[C@@H]3CC[C@@]21C. The van der Waals surface area contributed by atoms with Gasteiger partial charge in [0.05, 0.1) is 0 Å². The Balaban J connectivity index is 1.74. The number of hydrogen-bond donors (Lipinski definition) is 0. The van der Waals surface area contributed by atoms with Crippen molar-refractivity contribution in [3.05, 3.63) is 23.8 Å². The van der Waals surface area contributed by atoms with Gasteiger partial charge in [-0.25, -0.2) is 9.78 Å². The van der Waals surface area contributed by atoms with Crippen LogP contribution < -0.4 is 0 Å². The van der Waals surface area contributed by atoms with Crippen LogP contribution in [0.5, 0.6) is 0 Å². The second-order valence-corrected chi connectivity index (χ2v) is 8.70. The maximum atomic E-state index is 5.55. The van der Waals surface area contributed by atoms with Gasteiger partial charge in [-0.1, -0.05) is 52.8 Å².